The van der Waals surface area contributed by atoms with Crippen molar-refractivity contribution >= 4 is 183 Å². The highest BCUT2D eigenvalue weighted by Gasteiger charge is 2.63. The molecule has 4 aromatic carbocycles. The van der Waals surface area contributed by atoms with Crippen LogP contribution in [0.15, 0.2) is 42.4 Å². The molecule has 8 aromatic rings. The lowest BCUT2D eigenvalue weighted by atomic mass is 9.66. The molecule has 0 aliphatic carbocycles. The smallest absolute Gasteiger partial charge is 0.328 e. The average Bonchev–Trinajstić information content (AvgIpc) is 1.23. The van der Waals surface area contributed by atoms with Gasteiger partial charge < -0.3 is 56.7 Å². The van der Waals surface area contributed by atoms with Crippen molar-refractivity contribution in [3.05, 3.63) is 81.4 Å². The second-order valence-corrected chi connectivity index (χ2v) is 31.2. The lowest BCUT2D eigenvalue weighted by Crippen LogP contribution is -2.75. The van der Waals surface area contributed by atoms with Crippen LogP contribution in [-0.4, -0.2) is 228 Å². The van der Waals surface area contributed by atoms with E-state index < -0.39 is 92.6 Å². The van der Waals surface area contributed by atoms with Crippen LogP contribution >= 0.6 is 47.0 Å². The Morgan fingerprint density at radius 3 is 1.23 bits per heavy atom. The molecule has 16 rings (SSSR count). The van der Waals surface area contributed by atoms with Gasteiger partial charge in [-0.05, 0) is 57.5 Å². The van der Waals surface area contributed by atoms with Crippen LogP contribution in [0.1, 0.15) is 64.3 Å². The van der Waals surface area contributed by atoms with Crippen molar-refractivity contribution < 1.29 is 121 Å². The van der Waals surface area contributed by atoms with Crippen molar-refractivity contribution in [2.45, 2.75) is 85.6 Å². The third-order valence-electron chi connectivity index (χ3n) is 18.8. The average molecular weight is 1600 g/mol. The van der Waals surface area contributed by atoms with E-state index in [0.29, 0.717) is 69.8 Å². The van der Waals surface area contributed by atoms with Gasteiger partial charge in [-0.2, -0.15) is 8.78 Å². The molecule has 9 atom stereocenters. The van der Waals surface area contributed by atoms with Crippen molar-refractivity contribution in [2.24, 2.45) is 5.41 Å². The van der Waals surface area contributed by atoms with Crippen LogP contribution in [0.3, 0.4) is 0 Å². The highest BCUT2D eigenvalue weighted by Crippen LogP contribution is 2.51. The lowest BCUT2D eigenvalue weighted by molar-refractivity contribution is -0.153. The Bertz CT molecular complexity index is 5000. The van der Waals surface area contributed by atoms with Crippen LogP contribution in [0.2, 0.25) is 0 Å². The quantitative estimate of drug-likeness (QED) is 0.0489. The molecule has 1 spiro atoms. The summed E-state index contributed by atoms with van der Waals surface area (Å²) in [6, 6.07) is 3.56. The van der Waals surface area contributed by atoms with E-state index in [1.807, 2.05) is 20.8 Å². The molecule has 3 N–H and O–H groups in total. The second-order valence-electron chi connectivity index (χ2n) is 26.2. The van der Waals surface area contributed by atoms with Crippen LogP contribution in [0.5, 0.6) is 0 Å². The molecule has 7 fully saturated rings. The largest absolute Gasteiger partial charge is 0.395 e. The molecule has 8 aliphatic heterocycles. The molecular weight excluding hydrogens is 1540 g/mol. The normalized spacial score (nSPS) is 23.9. The Balaban J connectivity index is 0.000000131. The van der Waals surface area contributed by atoms with Gasteiger partial charge in [-0.3, -0.25) is 73.4 Å². The summed E-state index contributed by atoms with van der Waals surface area (Å²) in [5.74, 6) is -7.72. The van der Waals surface area contributed by atoms with Crippen LogP contribution in [-0.2, 0) is 39.7 Å². The van der Waals surface area contributed by atoms with Crippen LogP contribution in [0, 0.1) is 40.3 Å². The molecule has 0 saturated carbocycles. The van der Waals surface area contributed by atoms with E-state index in [2.05, 4.69) is 31.3 Å². The van der Waals surface area contributed by atoms with E-state index >= 15 is 8.78 Å². The first kappa shape index (κ1) is 77.7. The number of nitrogens with zero attached hydrogens (tertiary/aromatic N) is 10. The van der Waals surface area contributed by atoms with Crippen molar-refractivity contribution in [1.29, 1.82) is 0 Å². The minimum Gasteiger partial charge on any atom is -0.395 e. The molecule has 42 heteroatoms. The zero-order valence-electron chi connectivity index (χ0n) is 58.3. The fraction of sp³-hybridized carbons (Fsp3) is 0.433. The maximum atomic E-state index is 16.2. The van der Waals surface area contributed by atoms with Gasteiger partial charge in [0.1, 0.15) is 0 Å². The number of aliphatic hydroxyl groups excluding tert-OH is 1. The van der Waals surface area contributed by atoms with Gasteiger partial charge in [0.05, 0.1) is 122 Å². The van der Waals surface area contributed by atoms with E-state index in [0.717, 1.165) is 59.2 Å². The van der Waals surface area contributed by atoms with Gasteiger partial charge in [0.25, 0.3) is 21.0 Å². The van der Waals surface area contributed by atoms with Gasteiger partial charge in [-0.1, -0.05) is 67.7 Å². The molecule has 12 heterocycles. The van der Waals surface area contributed by atoms with Crippen LogP contribution in [0.4, 0.5) is 85.0 Å². The zero-order chi connectivity index (χ0) is 77.9. The Morgan fingerprint density at radius 2 is 0.844 bits per heavy atom. The summed E-state index contributed by atoms with van der Waals surface area (Å²) >= 11 is 4.22. The van der Waals surface area contributed by atoms with Crippen molar-refractivity contribution in [1.82, 2.24) is 31.3 Å². The zero-order valence-corrected chi connectivity index (χ0v) is 61.6. The summed E-state index contributed by atoms with van der Waals surface area (Å²) < 4.78 is 133. The van der Waals surface area contributed by atoms with Crippen LogP contribution in [0.25, 0.3) is 43.9 Å². The number of amides is 8. The van der Waals surface area contributed by atoms with Crippen molar-refractivity contribution in [3.63, 3.8) is 0 Å². The SMILES string of the molecule is COC[C@H]1CN(c2noc3c(F)c(F)c(C=O)cc23)C(=O)S1.COC[C@H]1CN(c2noc3c(F)c(N4C[C@@H](C)O[C@H](C)C4)c(C=O)cc23)C(=O)S1.COC[C@H]1CN(c2noc3c(F)c4c(cc23)CC2(C(=O)NC(=O)NC2=O)[C@H]2[C@H](C)O[C@H](C)CN42)C(=O)S1.O=Cc1cc2c(N3C[C@H](CO)SC3=O)noc2c(F)c1F. The molecule has 0 radical (unpaired) electrons. The number of nitrogens with one attached hydrogen (secondary N) is 2. The van der Waals surface area contributed by atoms with Gasteiger partial charge in [0, 0.05) is 79.1 Å². The molecule has 0 unspecified atom stereocenters. The summed E-state index contributed by atoms with van der Waals surface area (Å²) in [5.41, 5.74) is -2.86. The first-order valence-electron chi connectivity index (χ1n) is 33.3. The maximum Gasteiger partial charge on any atom is 0.328 e. The second kappa shape index (κ2) is 31.5. The minimum atomic E-state index is -1.75. The fourth-order valence-electron chi connectivity index (χ4n) is 14.4. The van der Waals surface area contributed by atoms with E-state index in [9.17, 15) is 65.5 Å². The first-order chi connectivity index (χ1) is 52.2. The number of imide groups is 2. The number of benzene rings is 4. The number of urea groups is 1. The number of aldehydes is 3. The van der Waals surface area contributed by atoms with Gasteiger partial charge in [-0.25, -0.2) is 22.4 Å². The van der Waals surface area contributed by atoms with E-state index in [1.54, 1.807) is 43.1 Å². The van der Waals surface area contributed by atoms with E-state index in [4.69, 9.17) is 46.9 Å². The van der Waals surface area contributed by atoms with Crippen LogP contribution < -0.4 is 40.0 Å². The third-order valence-corrected chi connectivity index (χ3v) is 23.0. The van der Waals surface area contributed by atoms with Gasteiger partial charge >= 0.3 is 6.03 Å². The summed E-state index contributed by atoms with van der Waals surface area (Å²) in [5, 5.41) is 27.6. The number of barbiturate groups is 1. The molecule has 32 nitrogen and oxygen atoms in total. The molecule has 0 bridgehead atoms. The maximum absolute atomic E-state index is 16.2. The number of carbonyl (C=O) groups excluding carboxylic acids is 10. The number of carbonyl (C=O) groups is 10. The molecule has 8 aliphatic rings. The molecule has 578 valence electrons. The molecule has 8 amide bonds. The number of fused-ring (bicyclic) bond motifs is 8. The van der Waals surface area contributed by atoms with E-state index in [1.165, 1.54) is 26.7 Å². The molecule has 7 saturated heterocycles. The minimum absolute atomic E-state index is 0.000417. The lowest BCUT2D eigenvalue weighted by Gasteiger charge is -2.55. The number of thioether (sulfide) groups is 4. The highest BCUT2D eigenvalue weighted by atomic mass is 32.2. The van der Waals surface area contributed by atoms with E-state index in [-0.39, 0.29) is 166 Å². The van der Waals surface area contributed by atoms with Gasteiger partial charge in [0.2, 0.25) is 45.8 Å². The number of methoxy groups -OCH3 is 3. The Hall–Kier alpha value is -9.40. The third kappa shape index (κ3) is 14.2. The summed E-state index contributed by atoms with van der Waals surface area (Å²) in [7, 11) is 4.63. The fourth-order valence-corrected chi connectivity index (χ4v) is 18.3. The molecule has 4 aromatic heterocycles. The summed E-state index contributed by atoms with van der Waals surface area (Å²) in [6.45, 7) is 10.5. The number of hydrogen-bond acceptors (Lipinski definition) is 30. The summed E-state index contributed by atoms with van der Waals surface area (Å²) in [6.07, 6.45) is -0.376. The monoisotopic (exact) mass is 1600 g/mol. The van der Waals surface area contributed by atoms with Gasteiger partial charge in [-0.15, -0.1) is 0 Å². The Morgan fingerprint density at radius 1 is 0.486 bits per heavy atom. The van der Waals surface area contributed by atoms with Crippen molar-refractivity contribution in [3.8, 4) is 0 Å². The molecule has 109 heavy (non-hydrogen) atoms. The Labute approximate surface area is 628 Å². The number of rotatable bonds is 15. The highest BCUT2D eigenvalue weighted by molar-refractivity contribution is 8.15. The number of aromatic nitrogens is 4. The van der Waals surface area contributed by atoms with Crippen molar-refractivity contribution in [2.75, 3.05) is 123 Å². The number of anilines is 6. The number of halogens is 6. The van der Waals surface area contributed by atoms with Gasteiger partial charge in [0.15, 0.2) is 70.8 Å². The topological polar surface area (TPSA) is 385 Å². The number of ether oxygens (including phenoxy) is 5. The summed E-state index contributed by atoms with van der Waals surface area (Å²) in [4.78, 5) is 130. The number of morpholine rings is 2. The predicted octanol–water partition coefficient (Wildman–Crippen LogP) is 9.19. The Kier molecular flexibility index (Phi) is 22.5. The molecular formula is C67H64F6N12O20S4. The standard InChI is InChI=1S/C23H24FN5O7S.C19H22FN3O5S.C13H10F2N2O4S.C12H8F2N2O4S/c1-9-6-28-15-11(5-23(17(28)10(2)35-9)19(30)25-21(32)26-20(23)31)4-13-16(14(15)24)36-27-18(13)29-7-12(8-34-3)37-22(29)33;1-10-5-22(6-11(2)27-10)16-12(8-24)4-14-17(15(16)20)28-21-18(14)23-7-13(9-26-3)29-19(23)25;1-20-5-7-3-17(13(19)22-7)12-8-2-6(4-18)9(14)10(15)11(8)21-16-12;13-8-5(3-17)1-7-10(9(8)14)20-15-11(7)16-2-6(4-18)21-12(16)19/h4,9-10,12,17H,5-8H2,1-3H3,(H2,25,26,30,31,32);4,8,10-11,13H,5-7,9H2,1-3H3;2,4,7H,3,5H2,1H3;1,3,6,18H,2,4H2/t9-,10+,12-,17-;10-,11-,13-;7-;6-/m1111/s1. The predicted molar refractivity (Wildman–Crippen MR) is 382 cm³/mol. The number of hydrogen-bond donors (Lipinski definition) is 3. The first-order valence-corrected chi connectivity index (χ1v) is 36.9. The number of aliphatic hydroxyl groups is 1.